The lowest BCUT2D eigenvalue weighted by Gasteiger charge is -2.14. The minimum atomic E-state index is -0.249. The summed E-state index contributed by atoms with van der Waals surface area (Å²) in [5.41, 5.74) is 4.14. The van der Waals surface area contributed by atoms with Crippen molar-refractivity contribution in [2.24, 2.45) is 4.99 Å². The lowest BCUT2D eigenvalue weighted by Crippen LogP contribution is -2.17. The standard InChI is InChI=1S/C22H22N2O2S2/c1-3-16-11-8-12-17(4-2)20(16)23-19(25)14-27-22-24-21(26)18(28-22)13-15-9-6-5-7-10-15/h5-13H,3-4,14H2,1-2H3,(H,23,25). The third kappa shape index (κ3) is 5.14. The summed E-state index contributed by atoms with van der Waals surface area (Å²) in [5, 5.41) is 3.04. The molecule has 1 N–H and O–H groups in total. The number of anilines is 1. The van der Waals surface area contributed by atoms with Crippen LogP contribution in [0.3, 0.4) is 0 Å². The van der Waals surface area contributed by atoms with Gasteiger partial charge in [0.05, 0.1) is 10.7 Å². The number of carbonyl (C=O) groups excluding carboxylic acids is 2. The van der Waals surface area contributed by atoms with Crippen LogP contribution in [-0.4, -0.2) is 21.9 Å². The van der Waals surface area contributed by atoms with Gasteiger partial charge in [-0.15, -0.1) is 0 Å². The minimum Gasteiger partial charge on any atom is -0.325 e. The molecule has 1 aliphatic rings. The number of para-hydroxylation sites is 1. The molecule has 0 spiro atoms. The number of benzene rings is 2. The zero-order chi connectivity index (χ0) is 19.9. The van der Waals surface area contributed by atoms with Gasteiger partial charge in [0.2, 0.25) is 5.91 Å². The van der Waals surface area contributed by atoms with Crippen molar-refractivity contribution in [3.63, 3.8) is 0 Å². The van der Waals surface area contributed by atoms with Crippen LogP contribution in [0.2, 0.25) is 0 Å². The van der Waals surface area contributed by atoms with Crippen molar-refractivity contribution < 1.29 is 9.59 Å². The number of nitrogens with zero attached hydrogens (tertiary/aromatic N) is 1. The van der Waals surface area contributed by atoms with E-state index in [9.17, 15) is 9.59 Å². The van der Waals surface area contributed by atoms with E-state index in [0.29, 0.717) is 9.28 Å². The molecule has 0 aliphatic carbocycles. The van der Waals surface area contributed by atoms with E-state index in [2.05, 4.69) is 24.2 Å². The number of aliphatic imine (C=N–C) groups is 1. The van der Waals surface area contributed by atoms with Gasteiger partial charge in [0.15, 0.2) is 0 Å². The molecule has 0 atom stereocenters. The van der Waals surface area contributed by atoms with E-state index >= 15 is 0 Å². The largest absolute Gasteiger partial charge is 0.325 e. The Morgan fingerprint density at radius 3 is 2.39 bits per heavy atom. The van der Waals surface area contributed by atoms with Crippen LogP contribution < -0.4 is 5.32 Å². The van der Waals surface area contributed by atoms with Gasteiger partial charge in [0, 0.05) is 5.69 Å². The number of hydrogen-bond donors (Lipinski definition) is 1. The number of aryl methyl sites for hydroxylation is 2. The molecule has 144 valence electrons. The Morgan fingerprint density at radius 1 is 1.07 bits per heavy atom. The van der Waals surface area contributed by atoms with Crippen LogP contribution in [0.25, 0.3) is 6.08 Å². The van der Waals surface area contributed by atoms with E-state index < -0.39 is 0 Å². The van der Waals surface area contributed by atoms with Gasteiger partial charge in [-0.1, -0.05) is 85.9 Å². The van der Waals surface area contributed by atoms with Gasteiger partial charge < -0.3 is 5.32 Å². The van der Waals surface area contributed by atoms with Crippen molar-refractivity contribution in [3.8, 4) is 0 Å². The molecule has 28 heavy (non-hydrogen) atoms. The first-order valence-corrected chi connectivity index (χ1v) is 11.0. The topological polar surface area (TPSA) is 58.5 Å². The van der Waals surface area contributed by atoms with Crippen LogP contribution in [0.4, 0.5) is 5.69 Å². The van der Waals surface area contributed by atoms with Crippen LogP contribution in [0.5, 0.6) is 0 Å². The van der Waals surface area contributed by atoms with E-state index in [1.165, 1.54) is 23.5 Å². The highest BCUT2D eigenvalue weighted by atomic mass is 32.2. The van der Waals surface area contributed by atoms with E-state index in [4.69, 9.17) is 0 Å². The maximum absolute atomic E-state index is 12.5. The zero-order valence-corrected chi connectivity index (χ0v) is 17.5. The lowest BCUT2D eigenvalue weighted by molar-refractivity contribution is -0.114. The first-order chi connectivity index (χ1) is 13.6. The van der Waals surface area contributed by atoms with Gasteiger partial charge in [-0.25, -0.2) is 0 Å². The minimum absolute atomic E-state index is 0.0863. The summed E-state index contributed by atoms with van der Waals surface area (Å²) in [4.78, 5) is 29.2. The molecule has 2 amide bonds. The smallest absolute Gasteiger partial charge is 0.285 e. The molecule has 0 fully saturated rings. The normalized spacial score (nSPS) is 15.0. The second kappa shape index (κ2) is 9.75. The molecule has 2 aromatic carbocycles. The average molecular weight is 411 g/mol. The van der Waals surface area contributed by atoms with Crippen LogP contribution in [0.1, 0.15) is 30.5 Å². The summed E-state index contributed by atoms with van der Waals surface area (Å²) in [6.07, 6.45) is 3.55. The molecule has 3 rings (SSSR count). The molecule has 0 saturated heterocycles. The molecule has 6 heteroatoms. The van der Waals surface area contributed by atoms with Crippen molar-refractivity contribution in [2.75, 3.05) is 11.1 Å². The Labute approximate surface area is 173 Å². The predicted molar refractivity (Wildman–Crippen MR) is 121 cm³/mol. The van der Waals surface area contributed by atoms with E-state index in [0.717, 1.165) is 35.2 Å². The molecular weight excluding hydrogens is 388 g/mol. The number of hydrogen-bond acceptors (Lipinski definition) is 4. The van der Waals surface area contributed by atoms with Gasteiger partial charge >= 0.3 is 0 Å². The van der Waals surface area contributed by atoms with Crippen LogP contribution in [0, 0.1) is 0 Å². The molecule has 0 aromatic heterocycles. The van der Waals surface area contributed by atoms with Gasteiger partial charge in [-0.05, 0) is 35.6 Å². The maximum atomic E-state index is 12.5. The summed E-state index contributed by atoms with van der Waals surface area (Å²) < 4.78 is 0.613. The highest BCUT2D eigenvalue weighted by Crippen LogP contribution is 2.33. The Balaban J connectivity index is 1.60. The van der Waals surface area contributed by atoms with Gasteiger partial charge in [-0.3, -0.25) is 9.59 Å². The Morgan fingerprint density at radius 2 is 1.75 bits per heavy atom. The molecule has 1 aliphatic heterocycles. The summed E-state index contributed by atoms with van der Waals surface area (Å²) in [6.45, 7) is 4.16. The van der Waals surface area contributed by atoms with E-state index in [1.807, 2.05) is 54.6 Å². The highest BCUT2D eigenvalue weighted by Gasteiger charge is 2.23. The maximum Gasteiger partial charge on any atom is 0.285 e. The fourth-order valence-corrected chi connectivity index (χ4v) is 4.66. The summed E-state index contributed by atoms with van der Waals surface area (Å²) in [6, 6.07) is 15.8. The second-order valence-corrected chi connectivity index (χ2v) is 8.45. The zero-order valence-electron chi connectivity index (χ0n) is 15.9. The summed E-state index contributed by atoms with van der Waals surface area (Å²) in [7, 11) is 0. The van der Waals surface area contributed by atoms with Crippen LogP contribution in [0.15, 0.2) is 58.4 Å². The van der Waals surface area contributed by atoms with Gasteiger partial charge in [0.1, 0.15) is 4.38 Å². The molecule has 0 unspecified atom stereocenters. The Bertz CT molecular complexity index is 915. The number of nitrogens with one attached hydrogen (secondary N) is 1. The number of carbonyl (C=O) groups is 2. The van der Waals surface area contributed by atoms with Crippen LogP contribution in [-0.2, 0) is 22.4 Å². The van der Waals surface area contributed by atoms with Gasteiger partial charge in [-0.2, -0.15) is 4.99 Å². The molecule has 0 saturated carbocycles. The second-order valence-electron chi connectivity index (χ2n) is 6.20. The van der Waals surface area contributed by atoms with Crippen molar-refractivity contribution in [1.29, 1.82) is 0 Å². The third-order valence-electron chi connectivity index (χ3n) is 4.29. The molecule has 4 nitrogen and oxygen atoms in total. The van der Waals surface area contributed by atoms with Crippen molar-refractivity contribution in [1.82, 2.24) is 0 Å². The number of amides is 2. The summed E-state index contributed by atoms with van der Waals surface area (Å²) in [5.74, 6) is -0.114. The number of thioether (sulfide) groups is 2. The van der Waals surface area contributed by atoms with Gasteiger partial charge in [0.25, 0.3) is 5.91 Å². The van der Waals surface area contributed by atoms with E-state index in [1.54, 1.807) is 0 Å². The fraction of sp³-hybridized carbons (Fsp3) is 0.227. The van der Waals surface area contributed by atoms with Crippen molar-refractivity contribution in [3.05, 3.63) is 70.1 Å². The highest BCUT2D eigenvalue weighted by molar-refractivity contribution is 8.41. The Kier molecular flexibility index (Phi) is 7.12. The average Bonchev–Trinajstić information content (AvgIpc) is 3.06. The molecule has 0 radical (unpaired) electrons. The molecule has 1 heterocycles. The third-order valence-corrected chi connectivity index (χ3v) is 6.41. The molecule has 0 bridgehead atoms. The number of rotatable bonds is 6. The van der Waals surface area contributed by atoms with Crippen molar-refractivity contribution >= 4 is 51.5 Å². The quantitative estimate of drug-likeness (QED) is 0.669. The van der Waals surface area contributed by atoms with Crippen LogP contribution >= 0.6 is 23.5 Å². The van der Waals surface area contributed by atoms with E-state index in [-0.39, 0.29) is 17.6 Å². The van der Waals surface area contributed by atoms with Crippen molar-refractivity contribution in [2.45, 2.75) is 26.7 Å². The predicted octanol–water partition coefficient (Wildman–Crippen LogP) is 5.15. The molecule has 2 aromatic rings. The first kappa shape index (κ1) is 20.4. The summed E-state index contributed by atoms with van der Waals surface area (Å²) >= 11 is 2.62. The lowest BCUT2D eigenvalue weighted by atomic mass is 10.0. The SMILES string of the molecule is CCc1cccc(CC)c1NC(=O)CSC1=NC(=O)C(=Cc2ccccc2)S1. The Hall–Kier alpha value is -2.31. The monoisotopic (exact) mass is 410 g/mol. The fourth-order valence-electron chi connectivity index (χ4n) is 2.86. The first-order valence-electron chi connectivity index (χ1n) is 9.21. The molecular formula is C22H22N2O2S2.